The summed E-state index contributed by atoms with van der Waals surface area (Å²) < 4.78 is 60.9. The molecule has 1 atom stereocenters. The Balaban J connectivity index is 2.03. The third-order valence-electron chi connectivity index (χ3n) is 5.17. The third kappa shape index (κ3) is 4.69. The van der Waals surface area contributed by atoms with Crippen LogP contribution in [0.5, 0.6) is 5.75 Å². The van der Waals surface area contributed by atoms with E-state index in [1.54, 1.807) is 30.5 Å². The minimum Gasteiger partial charge on any atom is -0.496 e. The van der Waals surface area contributed by atoms with Crippen LogP contribution in [0.2, 0.25) is 0 Å². The summed E-state index contributed by atoms with van der Waals surface area (Å²) in [6.45, 7) is 2.97. The molecule has 0 aliphatic heterocycles. The van der Waals surface area contributed by atoms with E-state index in [1.165, 1.54) is 33.2 Å². The number of rotatable bonds is 6. The van der Waals surface area contributed by atoms with Crippen LogP contribution in [0.3, 0.4) is 0 Å². The van der Waals surface area contributed by atoms with Crippen molar-refractivity contribution in [1.29, 1.82) is 0 Å². The van der Waals surface area contributed by atoms with Gasteiger partial charge < -0.3 is 9.84 Å². The molecule has 4 nitrogen and oxygen atoms in total. The lowest BCUT2D eigenvalue weighted by Gasteiger charge is -2.36. The third-order valence-corrected chi connectivity index (χ3v) is 5.17. The molecule has 8 heteroatoms. The van der Waals surface area contributed by atoms with Gasteiger partial charge in [0, 0.05) is 34.9 Å². The molecule has 3 rings (SSSR count). The van der Waals surface area contributed by atoms with E-state index in [4.69, 9.17) is 4.74 Å². The Labute approximate surface area is 177 Å². The monoisotopic (exact) mass is 434 g/mol. The zero-order chi connectivity index (χ0) is 22.9. The molecule has 1 aromatic heterocycles. The van der Waals surface area contributed by atoms with Gasteiger partial charge in [-0.25, -0.2) is 4.39 Å². The van der Waals surface area contributed by atoms with Crippen molar-refractivity contribution in [3.63, 3.8) is 0 Å². The fourth-order valence-corrected chi connectivity index (χ4v) is 3.59. The van der Waals surface area contributed by atoms with Gasteiger partial charge in [-0.2, -0.15) is 13.2 Å². The molecule has 1 unspecified atom stereocenters. The van der Waals surface area contributed by atoms with Crippen LogP contribution in [0, 0.1) is 5.82 Å². The number of aliphatic imine (C=N–C) groups is 1. The van der Waals surface area contributed by atoms with Crippen LogP contribution in [0.15, 0.2) is 59.9 Å². The largest absolute Gasteiger partial charge is 0.496 e. The molecular formula is C23H22F4N2O2. The van der Waals surface area contributed by atoms with Crippen molar-refractivity contribution in [3.05, 3.63) is 66.2 Å². The summed E-state index contributed by atoms with van der Waals surface area (Å²) in [5.41, 5.74) is -4.08. The minimum absolute atomic E-state index is 0.210. The van der Waals surface area contributed by atoms with Crippen LogP contribution in [0.1, 0.15) is 25.8 Å². The Morgan fingerprint density at radius 2 is 1.87 bits per heavy atom. The highest BCUT2D eigenvalue weighted by molar-refractivity contribution is 5.93. The van der Waals surface area contributed by atoms with Crippen molar-refractivity contribution in [3.8, 4) is 5.75 Å². The number of alkyl halides is 3. The lowest BCUT2D eigenvalue weighted by Crippen LogP contribution is -2.50. The molecule has 0 spiro atoms. The highest BCUT2D eigenvalue weighted by atomic mass is 19.4. The number of benzene rings is 2. The molecule has 0 aliphatic rings. The lowest BCUT2D eigenvalue weighted by molar-refractivity contribution is -0.234. The number of halogens is 4. The molecule has 0 fully saturated rings. The molecule has 2 aromatic carbocycles. The first kappa shape index (κ1) is 22.7. The fourth-order valence-electron chi connectivity index (χ4n) is 3.59. The quantitative estimate of drug-likeness (QED) is 0.397. The molecule has 1 heterocycles. The van der Waals surface area contributed by atoms with Crippen LogP contribution >= 0.6 is 0 Å². The second kappa shape index (κ2) is 8.26. The van der Waals surface area contributed by atoms with Crippen molar-refractivity contribution >= 4 is 22.7 Å². The summed E-state index contributed by atoms with van der Waals surface area (Å²) >= 11 is 0. The molecule has 0 radical (unpaired) electrons. The predicted octanol–water partition coefficient (Wildman–Crippen LogP) is 5.75. The van der Waals surface area contributed by atoms with Gasteiger partial charge in [-0.3, -0.25) is 9.98 Å². The van der Waals surface area contributed by atoms with E-state index in [9.17, 15) is 22.7 Å². The van der Waals surface area contributed by atoms with Gasteiger partial charge in [0.05, 0.1) is 12.8 Å². The summed E-state index contributed by atoms with van der Waals surface area (Å²) in [7, 11) is 1.35. The van der Waals surface area contributed by atoms with E-state index < -0.39 is 29.4 Å². The Kier molecular flexibility index (Phi) is 6.04. The van der Waals surface area contributed by atoms with E-state index in [-0.39, 0.29) is 17.0 Å². The van der Waals surface area contributed by atoms with E-state index >= 15 is 0 Å². The molecule has 0 bridgehead atoms. The van der Waals surface area contributed by atoms with Crippen molar-refractivity contribution < 1.29 is 27.4 Å². The summed E-state index contributed by atoms with van der Waals surface area (Å²) in [5, 5.41) is 12.0. The average Bonchev–Trinajstić information content (AvgIpc) is 2.71. The van der Waals surface area contributed by atoms with Gasteiger partial charge in [-0.1, -0.05) is 26.0 Å². The van der Waals surface area contributed by atoms with Gasteiger partial charge in [0.15, 0.2) is 5.60 Å². The van der Waals surface area contributed by atoms with E-state index in [0.29, 0.717) is 17.0 Å². The number of nitrogens with zero attached hydrogens (tertiary/aromatic N) is 2. The van der Waals surface area contributed by atoms with Crippen molar-refractivity contribution in [2.45, 2.75) is 37.5 Å². The molecule has 0 amide bonds. The van der Waals surface area contributed by atoms with Gasteiger partial charge in [0.2, 0.25) is 0 Å². The highest BCUT2D eigenvalue weighted by Gasteiger charge is 2.55. The fraction of sp³-hybridized carbons (Fsp3) is 0.304. The van der Waals surface area contributed by atoms with Gasteiger partial charge in [0.25, 0.3) is 0 Å². The van der Waals surface area contributed by atoms with Crippen LogP contribution < -0.4 is 4.74 Å². The van der Waals surface area contributed by atoms with Crippen LogP contribution in [0.25, 0.3) is 10.8 Å². The first-order valence-electron chi connectivity index (χ1n) is 9.48. The molecule has 1 N–H and O–H groups in total. The van der Waals surface area contributed by atoms with Gasteiger partial charge in [0.1, 0.15) is 11.6 Å². The van der Waals surface area contributed by atoms with Gasteiger partial charge in [-0.05, 0) is 42.2 Å². The number of methoxy groups -OCH3 is 1. The zero-order valence-electron chi connectivity index (χ0n) is 17.2. The number of hydrogen-bond donors (Lipinski definition) is 1. The summed E-state index contributed by atoms with van der Waals surface area (Å²) in [5.74, 6) is -0.383. The molecule has 31 heavy (non-hydrogen) atoms. The summed E-state index contributed by atoms with van der Waals surface area (Å²) in [6, 6.07) is 10.2. The number of fused-ring (bicyclic) bond motifs is 1. The predicted molar refractivity (Wildman–Crippen MR) is 111 cm³/mol. The molecule has 0 saturated carbocycles. The second-order valence-electron chi connectivity index (χ2n) is 7.96. The Hall–Kier alpha value is -3.00. The van der Waals surface area contributed by atoms with Gasteiger partial charge in [-0.15, -0.1) is 0 Å². The molecule has 3 aromatic rings. The van der Waals surface area contributed by atoms with E-state index in [1.807, 2.05) is 0 Å². The van der Waals surface area contributed by atoms with Crippen molar-refractivity contribution in [1.82, 2.24) is 4.98 Å². The van der Waals surface area contributed by atoms with E-state index in [0.717, 1.165) is 12.1 Å². The maximum atomic E-state index is 14.0. The van der Waals surface area contributed by atoms with Crippen LogP contribution in [0.4, 0.5) is 23.2 Å². The minimum atomic E-state index is -5.01. The number of hydrogen-bond acceptors (Lipinski definition) is 4. The standard InChI is InChI=1S/C23H22F4N2O2/c1-21(2,18-11-16(24)7-8-20(18)31-3)13-22(30,23(25,26)27)14-29-19-6-4-5-15-12-28-10-9-17(15)19/h4-12,14,30H,13H2,1-3H3. The Bertz CT molecular complexity index is 1110. The lowest BCUT2D eigenvalue weighted by atomic mass is 9.74. The van der Waals surface area contributed by atoms with Gasteiger partial charge >= 0.3 is 6.18 Å². The first-order chi connectivity index (χ1) is 14.5. The SMILES string of the molecule is COc1ccc(F)cc1C(C)(C)CC(O)(C=Nc1cccc2cnccc12)C(F)(F)F. The molecule has 164 valence electrons. The van der Waals surface area contributed by atoms with E-state index in [2.05, 4.69) is 9.98 Å². The number of aliphatic hydroxyl groups is 1. The van der Waals surface area contributed by atoms with Crippen molar-refractivity contribution in [2.75, 3.05) is 7.11 Å². The first-order valence-corrected chi connectivity index (χ1v) is 9.48. The Morgan fingerprint density at radius 3 is 2.55 bits per heavy atom. The maximum absolute atomic E-state index is 14.0. The smallest absolute Gasteiger partial charge is 0.422 e. The molecular weight excluding hydrogens is 412 g/mol. The molecule has 0 saturated heterocycles. The number of ether oxygens (including phenoxy) is 1. The maximum Gasteiger partial charge on any atom is 0.422 e. The van der Waals surface area contributed by atoms with Crippen LogP contribution in [-0.4, -0.2) is 35.2 Å². The zero-order valence-corrected chi connectivity index (χ0v) is 17.2. The van der Waals surface area contributed by atoms with Crippen LogP contribution in [-0.2, 0) is 5.41 Å². The van der Waals surface area contributed by atoms with Crippen molar-refractivity contribution in [2.24, 2.45) is 4.99 Å². The topological polar surface area (TPSA) is 54.7 Å². The summed E-state index contributed by atoms with van der Waals surface area (Å²) in [4.78, 5) is 7.97. The number of aromatic nitrogens is 1. The average molecular weight is 434 g/mol. The second-order valence-corrected chi connectivity index (χ2v) is 7.96. The Morgan fingerprint density at radius 1 is 1.13 bits per heavy atom. The highest BCUT2D eigenvalue weighted by Crippen LogP contribution is 2.43. The molecule has 0 aliphatic carbocycles. The number of pyridine rings is 1. The normalized spacial score (nSPS) is 14.7. The summed E-state index contributed by atoms with van der Waals surface area (Å²) in [6.07, 6.45) is -2.21.